The first-order valence-corrected chi connectivity index (χ1v) is 10.3. The minimum atomic E-state index is -1.74. The monoisotopic (exact) mass is 523 g/mol. The summed E-state index contributed by atoms with van der Waals surface area (Å²) in [5.41, 5.74) is -2.31. The van der Waals surface area contributed by atoms with Crippen LogP contribution >= 0.6 is 22.6 Å². The van der Waals surface area contributed by atoms with Gasteiger partial charge in [-0.05, 0) is 12.5 Å². The number of hydrogen-bond acceptors (Lipinski definition) is 8. The van der Waals surface area contributed by atoms with Crippen molar-refractivity contribution in [3.63, 3.8) is 0 Å². The Morgan fingerprint density at radius 3 is 2.50 bits per heavy atom. The third-order valence-corrected chi connectivity index (χ3v) is 6.84. The molecule has 5 N–H and O–H groups in total. The van der Waals surface area contributed by atoms with Crippen molar-refractivity contribution in [2.24, 2.45) is 0 Å². The number of fused-ring (bicyclic) bond motifs is 3. The van der Waals surface area contributed by atoms with Crippen LogP contribution in [0.5, 0.6) is 17.2 Å². The quantitative estimate of drug-likeness (QED) is 0.153. The molecule has 0 spiro atoms. The van der Waals surface area contributed by atoms with Gasteiger partial charge in [0.2, 0.25) is 5.78 Å². The van der Waals surface area contributed by atoms with Crippen molar-refractivity contribution in [2.75, 3.05) is 13.7 Å². The van der Waals surface area contributed by atoms with Gasteiger partial charge in [0, 0.05) is 27.0 Å². The Kier molecular flexibility index (Phi) is 4.87. The molecule has 2 aromatic carbocycles. The second-order valence-electron chi connectivity index (χ2n) is 7.40. The van der Waals surface area contributed by atoms with Crippen molar-refractivity contribution in [3.8, 4) is 17.2 Å². The van der Waals surface area contributed by atoms with Crippen LogP contribution in [-0.4, -0.2) is 57.0 Å². The second kappa shape index (κ2) is 7.03. The smallest absolute Gasteiger partial charge is 0.202 e. The topological polar surface area (TPSA) is 148 Å². The molecule has 0 amide bonds. The van der Waals surface area contributed by atoms with Crippen LogP contribution in [0.1, 0.15) is 53.3 Å². The van der Waals surface area contributed by atoms with E-state index in [1.54, 1.807) is 6.07 Å². The highest BCUT2D eigenvalue weighted by Gasteiger charge is 2.46. The Labute approximate surface area is 184 Å². The SMILES string of the molecule is COc1cccc2c1C(=O)c1c(O)c3c(c(O)c1C2=O)C[C@@](O)(C(=N)CO)CC3I. The highest BCUT2D eigenvalue weighted by atomic mass is 127. The van der Waals surface area contributed by atoms with E-state index in [4.69, 9.17) is 10.1 Å². The van der Waals surface area contributed by atoms with Gasteiger partial charge in [0.05, 0.1) is 36.1 Å². The van der Waals surface area contributed by atoms with Gasteiger partial charge in [0.25, 0.3) is 0 Å². The van der Waals surface area contributed by atoms with Crippen molar-refractivity contribution >= 4 is 39.9 Å². The molecule has 4 rings (SSSR count). The van der Waals surface area contributed by atoms with Crippen LogP contribution in [0.25, 0.3) is 0 Å². The van der Waals surface area contributed by atoms with Crippen LogP contribution in [0.3, 0.4) is 0 Å². The molecule has 2 aliphatic rings. The average molecular weight is 523 g/mol. The number of alkyl halides is 1. The molecule has 1 unspecified atom stereocenters. The number of phenols is 2. The Balaban J connectivity index is 2.01. The molecule has 30 heavy (non-hydrogen) atoms. The zero-order chi connectivity index (χ0) is 22.0. The minimum Gasteiger partial charge on any atom is -0.507 e. The van der Waals surface area contributed by atoms with Crippen LogP contribution in [-0.2, 0) is 6.42 Å². The van der Waals surface area contributed by atoms with Gasteiger partial charge >= 0.3 is 0 Å². The van der Waals surface area contributed by atoms with E-state index in [2.05, 4.69) is 0 Å². The van der Waals surface area contributed by atoms with E-state index >= 15 is 0 Å². The van der Waals surface area contributed by atoms with Gasteiger partial charge in [-0.2, -0.15) is 0 Å². The number of rotatable bonds is 3. The summed E-state index contributed by atoms with van der Waals surface area (Å²) in [6.07, 6.45) is -0.284. The highest BCUT2D eigenvalue weighted by Crippen LogP contribution is 2.53. The van der Waals surface area contributed by atoms with Gasteiger partial charge in [-0.15, -0.1) is 0 Å². The molecule has 9 heteroatoms. The van der Waals surface area contributed by atoms with Gasteiger partial charge < -0.3 is 30.6 Å². The first-order valence-electron chi connectivity index (χ1n) is 9.08. The number of halogens is 1. The van der Waals surface area contributed by atoms with E-state index in [1.807, 2.05) is 22.6 Å². The van der Waals surface area contributed by atoms with E-state index in [0.717, 1.165) is 0 Å². The van der Waals surface area contributed by atoms with E-state index in [9.17, 15) is 30.0 Å². The van der Waals surface area contributed by atoms with Crippen LogP contribution in [0.2, 0.25) is 0 Å². The predicted octanol–water partition coefficient (Wildman–Crippen LogP) is 2.05. The molecule has 0 heterocycles. The fourth-order valence-corrected chi connectivity index (χ4v) is 5.68. The second-order valence-corrected chi connectivity index (χ2v) is 8.90. The molecule has 8 nitrogen and oxygen atoms in total. The summed E-state index contributed by atoms with van der Waals surface area (Å²) in [7, 11) is 1.37. The molecule has 0 aliphatic heterocycles. The number of ketones is 2. The summed E-state index contributed by atoms with van der Waals surface area (Å²) in [6, 6.07) is 4.52. The number of benzene rings is 2. The van der Waals surface area contributed by atoms with Gasteiger partial charge in [-0.3, -0.25) is 9.59 Å². The standard InChI is InChI=1S/C21H18INO7/c1-30-11-4-2-3-8-14(11)20(28)16-15(17(8)25)18(26)9-5-21(29,12(23)7-24)6-10(22)13(9)19(16)27/h2-4,10,23-24,26-27,29H,5-7H2,1H3/t10?,21-/m0/s1. The number of aliphatic hydroxyl groups is 2. The van der Waals surface area contributed by atoms with Crippen LogP contribution in [0, 0.1) is 5.41 Å². The lowest BCUT2D eigenvalue weighted by atomic mass is 9.73. The molecule has 0 bridgehead atoms. The van der Waals surface area contributed by atoms with Crippen LogP contribution < -0.4 is 4.74 Å². The Bertz CT molecular complexity index is 1140. The first kappa shape index (κ1) is 20.8. The molecule has 0 saturated heterocycles. The number of carbonyl (C=O) groups is 2. The molecule has 0 radical (unpaired) electrons. The minimum absolute atomic E-state index is 0.00617. The number of phenolic OH excluding ortho intramolecular Hbond substituents is 2. The maximum Gasteiger partial charge on any atom is 0.202 e. The van der Waals surface area contributed by atoms with E-state index in [1.165, 1.54) is 19.2 Å². The lowest BCUT2D eigenvalue weighted by Crippen LogP contribution is -2.45. The summed E-state index contributed by atoms with van der Waals surface area (Å²) in [5.74, 6) is -2.03. The highest BCUT2D eigenvalue weighted by molar-refractivity contribution is 14.1. The number of nitrogens with one attached hydrogen (secondary N) is 1. The number of aliphatic hydroxyl groups excluding tert-OH is 1. The number of ether oxygens (including phenoxy) is 1. The number of hydrogen-bond donors (Lipinski definition) is 5. The van der Waals surface area contributed by atoms with E-state index < -0.39 is 39.2 Å². The Hall–Kier alpha value is -2.50. The molecule has 2 aromatic rings. The van der Waals surface area contributed by atoms with Crippen LogP contribution in [0.4, 0.5) is 0 Å². The largest absolute Gasteiger partial charge is 0.507 e. The van der Waals surface area contributed by atoms with Crippen molar-refractivity contribution in [2.45, 2.75) is 22.4 Å². The number of aromatic hydroxyl groups is 2. The summed E-state index contributed by atoms with van der Waals surface area (Å²) >= 11 is 1.94. The predicted molar refractivity (Wildman–Crippen MR) is 114 cm³/mol. The molecule has 0 saturated carbocycles. The molecule has 156 valence electrons. The van der Waals surface area contributed by atoms with Gasteiger partial charge in [0.15, 0.2) is 5.78 Å². The molecule has 0 fully saturated rings. The van der Waals surface area contributed by atoms with Gasteiger partial charge in [-0.1, -0.05) is 34.7 Å². The third-order valence-electron chi connectivity index (χ3n) is 5.78. The maximum absolute atomic E-state index is 13.3. The fraction of sp³-hybridized carbons (Fsp3) is 0.286. The Morgan fingerprint density at radius 1 is 1.20 bits per heavy atom. The summed E-state index contributed by atoms with van der Waals surface area (Å²) in [6.45, 7) is -0.669. The lowest BCUT2D eigenvalue weighted by Gasteiger charge is -2.38. The maximum atomic E-state index is 13.3. The van der Waals surface area contributed by atoms with E-state index in [0.29, 0.717) is 0 Å². The first-order chi connectivity index (χ1) is 14.2. The average Bonchev–Trinajstić information content (AvgIpc) is 2.72. The molecular formula is C21H18INO7. The van der Waals surface area contributed by atoms with Gasteiger partial charge in [-0.25, -0.2) is 0 Å². The van der Waals surface area contributed by atoms with Crippen molar-refractivity contribution in [1.82, 2.24) is 0 Å². The summed E-state index contributed by atoms with van der Waals surface area (Å²) in [5, 5.41) is 50.1. The van der Waals surface area contributed by atoms with E-state index in [-0.39, 0.29) is 57.7 Å². The Morgan fingerprint density at radius 2 is 1.87 bits per heavy atom. The van der Waals surface area contributed by atoms with Gasteiger partial charge in [0.1, 0.15) is 22.8 Å². The molecule has 2 aliphatic carbocycles. The zero-order valence-electron chi connectivity index (χ0n) is 15.8. The normalized spacial score (nSPS) is 22.2. The fourth-order valence-electron chi connectivity index (χ4n) is 4.28. The number of methoxy groups -OCH3 is 1. The van der Waals surface area contributed by atoms with Crippen LogP contribution in [0.15, 0.2) is 18.2 Å². The summed E-state index contributed by atoms with van der Waals surface area (Å²) in [4.78, 5) is 26.4. The number of carbonyl (C=O) groups excluding carboxylic acids is 2. The summed E-state index contributed by atoms with van der Waals surface area (Å²) < 4.78 is 4.64. The molecule has 0 aromatic heterocycles. The van der Waals surface area contributed by atoms with Crippen molar-refractivity contribution < 1.29 is 34.8 Å². The lowest BCUT2D eigenvalue weighted by molar-refractivity contribution is 0.0876. The van der Waals surface area contributed by atoms with Crippen molar-refractivity contribution in [3.05, 3.63) is 51.6 Å². The molecular weight excluding hydrogens is 505 g/mol. The van der Waals surface area contributed by atoms with Crippen molar-refractivity contribution in [1.29, 1.82) is 5.41 Å². The third kappa shape index (κ3) is 2.69. The molecule has 2 atom stereocenters. The zero-order valence-corrected chi connectivity index (χ0v) is 18.0.